The summed E-state index contributed by atoms with van der Waals surface area (Å²) in [4.78, 5) is 29.2. The molecule has 0 bridgehead atoms. The molecule has 0 spiro atoms. The van der Waals surface area contributed by atoms with Crippen LogP contribution in [0.1, 0.15) is 23.0 Å². The maximum Gasteiger partial charge on any atom is 0.251 e. The van der Waals surface area contributed by atoms with Crippen LogP contribution in [-0.2, 0) is 11.2 Å². The van der Waals surface area contributed by atoms with E-state index in [4.69, 9.17) is 0 Å². The average Bonchev–Trinajstić information content (AvgIpc) is 2.56. The predicted molar refractivity (Wildman–Crippen MR) is 90.7 cm³/mol. The third kappa shape index (κ3) is 3.71. The van der Waals surface area contributed by atoms with Crippen molar-refractivity contribution >= 4 is 29.3 Å². The molecule has 23 heavy (non-hydrogen) atoms. The number of fused-ring (bicyclic) bond motifs is 1. The highest BCUT2D eigenvalue weighted by atomic mass is 32.2. The number of pyridine rings is 1. The lowest BCUT2D eigenvalue weighted by Crippen LogP contribution is -2.28. The Morgan fingerprint density at radius 3 is 3.00 bits per heavy atom. The molecule has 6 heteroatoms. The lowest BCUT2D eigenvalue weighted by Gasteiger charge is -2.21. The van der Waals surface area contributed by atoms with E-state index in [0.29, 0.717) is 24.2 Å². The molecule has 0 saturated carbocycles. The third-order valence-electron chi connectivity index (χ3n) is 3.57. The second-order valence-electron chi connectivity index (χ2n) is 5.29. The van der Waals surface area contributed by atoms with Gasteiger partial charge >= 0.3 is 0 Å². The number of aromatic nitrogens is 1. The molecule has 2 N–H and O–H groups in total. The molecule has 118 valence electrons. The molecule has 3 rings (SSSR count). The van der Waals surface area contributed by atoms with E-state index in [1.54, 1.807) is 18.3 Å². The Kier molecular flexibility index (Phi) is 4.62. The monoisotopic (exact) mass is 327 g/mol. The Bertz CT molecular complexity index is 734. The molecule has 0 aliphatic carbocycles. The van der Waals surface area contributed by atoms with E-state index in [2.05, 4.69) is 15.6 Å². The summed E-state index contributed by atoms with van der Waals surface area (Å²) in [7, 11) is 0. The Hall–Kier alpha value is -2.34. The molecular weight excluding hydrogens is 310 g/mol. The average molecular weight is 327 g/mol. The number of nitrogens with one attached hydrogen (secondary N) is 2. The molecule has 0 fully saturated rings. The Balaban J connectivity index is 1.62. The highest BCUT2D eigenvalue weighted by Crippen LogP contribution is 2.35. The van der Waals surface area contributed by atoms with Crippen LogP contribution in [0.25, 0.3) is 0 Å². The summed E-state index contributed by atoms with van der Waals surface area (Å²) in [5.41, 5.74) is 2.19. The maximum atomic E-state index is 12.2. The van der Waals surface area contributed by atoms with E-state index in [0.717, 1.165) is 10.6 Å². The van der Waals surface area contributed by atoms with Crippen LogP contribution in [-0.4, -0.2) is 28.6 Å². The van der Waals surface area contributed by atoms with Gasteiger partial charge in [0.1, 0.15) is 0 Å². The number of hydrogen-bond acceptors (Lipinski definition) is 4. The number of hydrogen-bond donors (Lipinski definition) is 2. The molecule has 2 aromatic rings. The molecule has 1 aromatic heterocycles. The zero-order valence-electron chi connectivity index (χ0n) is 12.7. The number of amides is 2. The first-order valence-corrected chi connectivity index (χ1v) is 8.31. The fourth-order valence-corrected chi connectivity index (χ4v) is 3.23. The van der Waals surface area contributed by atoms with Gasteiger partial charge in [-0.3, -0.25) is 14.6 Å². The van der Waals surface area contributed by atoms with Crippen molar-refractivity contribution in [2.75, 3.05) is 11.9 Å². The molecule has 5 nitrogen and oxygen atoms in total. The van der Waals surface area contributed by atoms with Crippen LogP contribution < -0.4 is 10.6 Å². The van der Waals surface area contributed by atoms with Crippen molar-refractivity contribution in [1.29, 1.82) is 0 Å². The second-order valence-corrected chi connectivity index (χ2v) is 6.67. The number of anilines is 1. The van der Waals surface area contributed by atoms with Crippen molar-refractivity contribution in [2.45, 2.75) is 23.5 Å². The van der Waals surface area contributed by atoms with Gasteiger partial charge in [-0.25, -0.2) is 0 Å². The van der Waals surface area contributed by atoms with E-state index < -0.39 is 0 Å². The Labute approximate surface area is 138 Å². The molecule has 1 aliphatic heterocycles. The van der Waals surface area contributed by atoms with Gasteiger partial charge in [0, 0.05) is 35.3 Å². The molecule has 0 unspecified atom stereocenters. The number of rotatable bonds is 4. The zero-order valence-corrected chi connectivity index (χ0v) is 13.5. The SMILES string of the molecule is C[C@H]1Sc2ccc(C(=O)NCCc3ccccn3)cc2NC1=O. The van der Waals surface area contributed by atoms with E-state index in [-0.39, 0.29) is 17.1 Å². The van der Waals surface area contributed by atoms with Gasteiger partial charge < -0.3 is 10.6 Å². The molecule has 0 radical (unpaired) electrons. The fourth-order valence-electron chi connectivity index (χ4n) is 2.30. The molecule has 2 amide bonds. The number of thioether (sulfide) groups is 1. The van der Waals surface area contributed by atoms with Crippen molar-refractivity contribution in [2.24, 2.45) is 0 Å². The normalized spacial score (nSPS) is 16.4. The predicted octanol–water partition coefficient (Wildman–Crippen LogP) is 2.49. The first kappa shape index (κ1) is 15.6. The number of carbonyl (C=O) groups excluding carboxylic acids is 2. The van der Waals surface area contributed by atoms with Crippen LogP contribution in [0.2, 0.25) is 0 Å². The summed E-state index contributed by atoms with van der Waals surface area (Å²) < 4.78 is 0. The van der Waals surface area contributed by atoms with Gasteiger partial charge in [-0.2, -0.15) is 0 Å². The minimum atomic E-state index is -0.151. The molecular formula is C17H17N3O2S. The van der Waals surface area contributed by atoms with E-state index in [1.807, 2.05) is 31.2 Å². The number of benzene rings is 1. The van der Waals surface area contributed by atoms with Gasteiger partial charge in [-0.05, 0) is 37.3 Å². The van der Waals surface area contributed by atoms with Crippen molar-refractivity contribution < 1.29 is 9.59 Å². The molecule has 1 atom stereocenters. The topological polar surface area (TPSA) is 71.1 Å². The summed E-state index contributed by atoms with van der Waals surface area (Å²) in [6, 6.07) is 11.1. The number of carbonyl (C=O) groups is 2. The van der Waals surface area contributed by atoms with Crippen LogP contribution in [0.3, 0.4) is 0 Å². The summed E-state index contributed by atoms with van der Waals surface area (Å²) in [6.45, 7) is 2.38. The highest BCUT2D eigenvalue weighted by molar-refractivity contribution is 8.00. The molecule has 1 aromatic carbocycles. The molecule has 2 heterocycles. The fraction of sp³-hybridized carbons (Fsp3) is 0.235. The summed E-state index contributed by atoms with van der Waals surface area (Å²) in [6.07, 6.45) is 2.42. The van der Waals surface area contributed by atoms with Crippen molar-refractivity contribution in [3.8, 4) is 0 Å². The van der Waals surface area contributed by atoms with Crippen molar-refractivity contribution in [3.63, 3.8) is 0 Å². The van der Waals surface area contributed by atoms with E-state index in [1.165, 1.54) is 11.8 Å². The number of nitrogens with zero attached hydrogens (tertiary/aromatic N) is 1. The summed E-state index contributed by atoms with van der Waals surface area (Å²) in [5, 5.41) is 5.60. The van der Waals surface area contributed by atoms with Gasteiger partial charge in [0.15, 0.2) is 0 Å². The lowest BCUT2D eigenvalue weighted by atomic mass is 10.1. The zero-order chi connectivity index (χ0) is 16.2. The largest absolute Gasteiger partial charge is 0.352 e. The molecule has 1 aliphatic rings. The second kappa shape index (κ2) is 6.83. The minimum absolute atomic E-state index is 0.0322. The van der Waals surface area contributed by atoms with Crippen LogP contribution >= 0.6 is 11.8 Å². The lowest BCUT2D eigenvalue weighted by molar-refractivity contribution is -0.115. The maximum absolute atomic E-state index is 12.2. The van der Waals surface area contributed by atoms with E-state index in [9.17, 15) is 9.59 Å². The van der Waals surface area contributed by atoms with Crippen LogP contribution in [0.15, 0.2) is 47.5 Å². The standard InChI is InChI=1S/C17H17N3O2S/c1-11-16(21)20-14-10-12(5-6-15(14)23-11)17(22)19-9-7-13-4-2-3-8-18-13/h2-6,8,10-11H,7,9H2,1H3,(H,19,22)(H,20,21)/t11-/m1/s1. The van der Waals surface area contributed by atoms with Crippen molar-refractivity contribution in [1.82, 2.24) is 10.3 Å². The van der Waals surface area contributed by atoms with Gasteiger partial charge in [-0.15, -0.1) is 11.8 Å². The summed E-state index contributed by atoms with van der Waals surface area (Å²) >= 11 is 1.50. The van der Waals surface area contributed by atoms with Gasteiger partial charge in [0.05, 0.1) is 10.9 Å². The minimum Gasteiger partial charge on any atom is -0.352 e. The van der Waals surface area contributed by atoms with Crippen LogP contribution in [0, 0.1) is 0 Å². The van der Waals surface area contributed by atoms with E-state index >= 15 is 0 Å². The highest BCUT2D eigenvalue weighted by Gasteiger charge is 2.23. The van der Waals surface area contributed by atoms with Gasteiger partial charge in [-0.1, -0.05) is 6.07 Å². The van der Waals surface area contributed by atoms with Gasteiger partial charge in [0.25, 0.3) is 5.91 Å². The van der Waals surface area contributed by atoms with Gasteiger partial charge in [0.2, 0.25) is 5.91 Å². The Morgan fingerprint density at radius 1 is 1.35 bits per heavy atom. The quantitative estimate of drug-likeness (QED) is 0.905. The first-order chi connectivity index (χ1) is 11.1. The molecule has 0 saturated heterocycles. The summed E-state index contributed by atoms with van der Waals surface area (Å²) in [5.74, 6) is -0.184. The smallest absolute Gasteiger partial charge is 0.251 e. The third-order valence-corrected chi connectivity index (χ3v) is 4.74. The Morgan fingerprint density at radius 2 is 2.22 bits per heavy atom. The van der Waals surface area contributed by atoms with Crippen LogP contribution in [0.5, 0.6) is 0 Å². The van der Waals surface area contributed by atoms with Crippen molar-refractivity contribution in [3.05, 3.63) is 53.9 Å². The van der Waals surface area contributed by atoms with Crippen LogP contribution in [0.4, 0.5) is 5.69 Å². The first-order valence-electron chi connectivity index (χ1n) is 7.43.